The quantitative estimate of drug-likeness (QED) is 0.604. The second kappa shape index (κ2) is 3.35. The lowest BCUT2D eigenvalue weighted by atomic mass is 10.1. The average Bonchev–Trinajstić information content (AvgIpc) is 2.17. The zero-order valence-corrected chi connectivity index (χ0v) is 7.55. The van der Waals surface area contributed by atoms with Crippen molar-refractivity contribution in [2.75, 3.05) is 0 Å². The fourth-order valence-electron chi connectivity index (χ4n) is 1.26. The Morgan fingerprint density at radius 3 is 2.69 bits per heavy atom. The van der Waals surface area contributed by atoms with Gasteiger partial charge in [-0.2, -0.15) is 0 Å². The van der Waals surface area contributed by atoms with Gasteiger partial charge in [0.15, 0.2) is 5.63 Å². The van der Waals surface area contributed by atoms with Crippen LogP contribution in [0.4, 0.5) is 4.39 Å². The van der Waals surface area contributed by atoms with Gasteiger partial charge in [0.05, 0.1) is 0 Å². The lowest BCUT2D eigenvalue weighted by molar-refractivity contribution is 0.460. The molecule has 0 aliphatic rings. The number of halogens is 2. The zero-order valence-electron chi connectivity index (χ0n) is 6.80. The second-order valence-electron chi connectivity index (χ2n) is 2.80. The lowest BCUT2D eigenvalue weighted by Gasteiger charge is -2.01. The van der Waals surface area contributed by atoms with Crippen LogP contribution in [0.3, 0.4) is 0 Å². The average molecular weight is 194 g/mol. The molecule has 0 saturated carbocycles. The van der Waals surface area contributed by atoms with Crippen LogP contribution in [0.15, 0.2) is 36.4 Å². The largest absolute Gasteiger partial charge is 0.225 e. The van der Waals surface area contributed by atoms with Crippen LogP contribution >= 0.6 is 11.6 Å². The van der Waals surface area contributed by atoms with Gasteiger partial charge >= 0.3 is 0 Å². The van der Waals surface area contributed by atoms with Gasteiger partial charge in [-0.15, -0.1) is 0 Å². The highest BCUT2D eigenvalue weighted by molar-refractivity contribution is 6.19. The fourth-order valence-corrected chi connectivity index (χ4v) is 1.39. The first-order valence-corrected chi connectivity index (χ1v) is 4.40. The summed E-state index contributed by atoms with van der Waals surface area (Å²) in [5.41, 5.74) is -1.08. The highest BCUT2D eigenvalue weighted by Gasteiger charge is 2.05. The zero-order chi connectivity index (χ0) is 9.26. The molecule has 0 saturated heterocycles. The number of alkyl halides is 2. The van der Waals surface area contributed by atoms with Gasteiger partial charge in [-0.25, -0.2) is 4.39 Å². The van der Waals surface area contributed by atoms with E-state index < -0.39 is 5.63 Å². The maximum atomic E-state index is 12.7. The number of hydrogen-bond acceptors (Lipinski definition) is 0. The summed E-state index contributed by atoms with van der Waals surface area (Å²) in [5.74, 6) is 0. The number of benzene rings is 2. The predicted molar refractivity (Wildman–Crippen MR) is 52.5 cm³/mol. The third kappa shape index (κ3) is 1.65. The Balaban J connectivity index is 2.62. The minimum Gasteiger partial charge on any atom is -0.225 e. The summed E-state index contributed by atoms with van der Waals surface area (Å²) in [7, 11) is 0. The lowest BCUT2D eigenvalue weighted by Crippen LogP contribution is -1.82. The van der Waals surface area contributed by atoms with Gasteiger partial charge < -0.3 is 0 Å². The molecule has 2 aromatic carbocycles. The standard InChI is InChI=1S/C11H7ClF/c12-11(13)10-6-5-8-3-1-2-4-9(8)7-10/h1-6,11H. The van der Waals surface area contributed by atoms with E-state index in [4.69, 9.17) is 11.6 Å². The summed E-state index contributed by atoms with van der Waals surface area (Å²) in [6, 6.07) is 14.1. The molecule has 0 N–H and O–H groups in total. The van der Waals surface area contributed by atoms with Crippen molar-refractivity contribution < 1.29 is 4.39 Å². The fraction of sp³-hybridized carbons (Fsp3) is 0.0909. The van der Waals surface area contributed by atoms with E-state index >= 15 is 0 Å². The minimum atomic E-state index is -1.47. The monoisotopic (exact) mass is 193 g/mol. The van der Waals surface area contributed by atoms with Crippen LogP contribution in [0.25, 0.3) is 10.8 Å². The summed E-state index contributed by atoms with van der Waals surface area (Å²) < 4.78 is 12.7. The van der Waals surface area contributed by atoms with Crippen molar-refractivity contribution in [3.05, 3.63) is 48.0 Å². The first-order valence-electron chi connectivity index (χ1n) is 3.96. The van der Waals surface area contributed by atoms with Crippen LogP contribution in [0.1, 0.15) is 11.2 Å². The SMILES string of the molecule is FC(Cl)c1[c]c2ccccc2cc1. The molecule has 0 aromatic heterocycles. The molecule has 2 heteroatoms. The third-order valence-corrected chi connectivity index (χ3v) is 2.15. The molecule has 2 aromatic rings. The van der Waals surface area contributed by atoms with Crippen molar-refractivity contribution in [2.45, 2.75) is 5.63 Å². The maximum absolute atomic E-state index is 12.7. The second-order valence-corrected chi connectivity index (χ2v) is 3.18. The molecule has 0 aliphatic carbocycles. The molecule has 0 fully saturated rings. The third-order valence-electron chi connectivity index (χ3n) is 1.92. The Hall–Kier alpha value is -1.08. The first kappa shape index (κ1) is 8.52. The van der Waals surface area contributed by atoms with Crippen LogP contribution in [0.5, 0.6) is 0 Å². The Kier molecular flexibility index (Phi) is 2.19. The number of rotatable bonds is 1. The molecule has 0 nitrogen and oxygen atoms in total. The van der Waals surface area contributed by atoms with Crippen molar-refractivity contribution in [1.29, 1.82) is 0 Å². The normalized spacial score (nSPS) is 13.1. The van der Waals surface area contributed by atoms with Gasteiger partial charge in [0, 0.05) is 5.56 Å². The van der Waals surface area contributed by atoms with Crippen molar-refractivity contribution in [1.82, 2.24) is 0 Å². The summed E-state index contributed by atoms with van der Waals surface area (Å²) in [5, 5.41) is 1.94. The Bertz CT molecular complexity index is 423. The van der Waals surface area contributed by atoms with Crippen LogP contribution < -0.4 is 0 Å². The number of hydrogen-bond donors (Lipinski definition) is 0. The molecule has 0 amide bonds. The van der Waals surface area contributed by atoms with Gasteiger partial charge in [0.2, 0.25) is 0 Å². The van der Waals surface area contributed by atoms with E-state index in [0.717, 1.165) is 10.8 Å². The van der Waals surface area contributed by atoms with E-state index in [0.29, 0.717) is 5.56 Å². The molecule has 0 bridgehead atoms. The van der Waals surface area contributed by atoms with E-state index in [-0.39, 0.29) is 0 Å². The van der Waals surface area contributed by atoms with E-state index in [1.54, 1.807) is 6.07 Å². The molecule has 0 spiro atoms. The molecule has 1 atom stereocenters. The van der Waals surface area contributed by atoms with Gasteiger partial charge in [-0.3, -0.25) is 0 Å². The molecular formula is C11H7ClF. The van der Waals surface area contributed by atoms with E-state index in [2.05, 4.69) is 6.07 Å². The van der Waals surface area contributed by atoms with Crippen molar-refractivity contribution in [3.63, 3.8) is 0 Å². The molecular weight excluding hydrogens is 187 g/mol. The Morgan fingerprint density at radius 2 is 1.92 bits per heavy atom. The summed E-state index contributed by atoms with van der Waals surface area (Å²) in [6.07, 6.45) is 0. The molecule has 1 radical (unpaired) electrons. The maximum Gasteiger partial charge on any atom is 0.199 e. The Labute approximate surface area is 80.9 Å². The molecule has 0 aliphatic heterocycles. The van der Waals surface area contributed by atoms with Gasteiger partial charge in [0.25, 0.3) is 0 Å². The van der Waals surface area contributed by atoms with Crippen LogP contribution in [0.2, 0.25) is 0 Å². The van der Waals surface area contributed by atoms with Crippen molar-refractivity contribution in [3.8, 4) is 0 Å². The van der Waals surface area contributed by atoms with Crippen LogP contribution in [-0.4, -0.2) is 0 Å². The molecule has 65 valence electrons. The van der Waals surface area contributed by atoms with Crippen LogP contribution in [0, 0.1) is 6.07 Å². The highest BCUT2D eigenvalue weighted by Crippen LogP contribution is 2.24. The topological polar surface area (TPSA) is 0 Å². The summed E-state index contributed by atoms with van der Waals surface area (Å²) in [4.78, 5) is 0. The minimum absolute atomic E-state index is 0.389. The number of fused-ring (bicyclic) bond motifs is 1. The van der Waals surface area contributed by atoms with Crippen molar-refractivity contribution in [2.24, 2.45) is 0 Å². The van der Waals surface area contributed by atoms with Crippen molar-refractivity contribution >= 4 is 22.4 Å². The van der Waals surface area contributed by atoms with Gasteiger partial charge in [0.1, 0.15) is 0 Å². The Morgan fingerprint density at radius 1 is 1.15 bits per heavy atom. The van der Waals surface area contributed by atoms with Gasteiger partial charge in [-0.05, 0) is 16.8 Å². The van der Waals surface area contributed by atoms with Crippen LogP contribution in [-0.2, 0) is 0 Å². The molecule has 1 unspecified atom stereocenters. The van der Waals surface area contributed by atoms with Gasteiger partial charge in [-0.1, -0.05) is 48.0 Å². The molecule has 2 rings (SSSR count). The van der Waals surface area contributed by atoms with E-state index in [9.17, 15) is 4.39 Å². The summed E-state index contributed by atoms with van der Waals surface area (Å²) >= 11 is 5.31. The predicted octanol–water partition coefficient (Wildman–Crippen LogP) is 3.85. The highest BCUT2D eigenvalue weighted by atomic mass is 35.5. The molecule has 13 heavy (non-hydrogen) atoms. The smallest absolute Gasteiger partial charge is 0.199 e. The van der Waals surface area contributed by atoms with E-state index in [1.807, 2.05) is 30.3 Å². The van der Waals surface area contributed by atoms with E-state index in [1.165, 1.54) is 0 Å². The first-order chi connectivity index (χ1) is 6.27. The molecule has 0 heterocycles. The summed E-state index contributed by atoms with van der Waals surface area (Å²) in [6.45, 7) is 0.